The normalized spacial score (nSPS) is 13.2. The molecule has 0 aliphatic carbocycles. The maximum Gasteiger partial charge on any atom is 0.350 e. The fourth-order valence-electron chi connectivity index (χ4n) is 5.96. The first kappa shape index (κ1) is 66.6. The molecule has 0 saturated heterocycles. The Kier molecular flexibility index (Phi) is 27.0. The van der Waals surface area contributed by atoms with E-state index >= 15 is 0 Å². The molecule has 25 nitrogen and oxygen atoms in total. The van der Waals surface area contributed by atoms with E-state index < -0.39 is 61.5 Å². The number of esters is 3. The summed E-state index contributed by atoms with van der Waals surface area (Å²) < 4.78 is 55.5. The molecule has 0 unspecified atom stereocenters. The topological polar surface area (TPSA) is 370 Å². The highest BCUT2D eigenvalue weighted by atomic mass is 35.5. The number of anilines is 2. The molecule has 0 bridgehead atoms. The molecule has 73 heavy (non-hydrogen) atoms. The van der Waals surface area contributed by atoms with Crippen LogP contribution in [0.3, 0.4) is 0 Å². The van der Waals surface area contributed by atoms with Crippen LogP contribution >= 0.6 is 26.6 Å². The largest absolute Gasteiger partial charge is 0.464 e. The predicted molar refractivity (Wildman–Crippen MR) is 281 cm³/mol. The smallest absolute Gasteiger partial charge is 0.350 e. The van der Waals surface area contributed by atoms with Gasteiger partial charge in [0.15, 0.2) is 22.9 Å². The predicted octanol–water partition coefficient (Wildman–Crippen LogP) is 6.58. The number of aromatic nitrogens is 8. The lowest BCUT2D eigenvalue weighted by Crippen LogP contribution is -2.54. The van der Waals surface area contributed by atoms with Gasteiger partial charge < -0.3 is 60.2 Å². The molecule has 4 aromatic heterocycles. The zero-order valence-electron chi connectivity index (χ0n) is 45.0. The lowest BCUT2D eigenvalue weighted by Gasteiger charge is -2.35. The number of fused-ring (bicyclic) bond motifs is 2. The molecule has 0 aliphatic rings. The molecule has 0 spiro atoms. The summed E-state index contributed by atoms with van der Waals surface area (Å²) in [4.78, 5) is 78.0. The van der Waals surface area contributed by atoms with Crippen molar-refractivity contribution in [2.75, 3.05) is 44.0 Å². The van der Waals surface area contributed by atoms with E-state index in [1.165, 1.54) is 19.0 Å². The Labute approximate surface area is 434 Å². The number of carbonyl (C=O) groups excluding carboxylic acids is 3. The van der Waals surface area contributed by atoms with Crippen molar-refractivity contribution >= 4 is 78.5 Å². The number of ether oxygens (including phenoxy) is 5. The minimum absolute atomic E-state index is 0. The molecule has 0 fully saturated rings. The Bertz CT molecular complexity index is 2400. The number of nitrogens with zero attached hydrogens (tertiary/aromatic N) is 8. The molecule has 4 aromatic rings. The molecule has 28 heteroatoms. The minimum atomic E-state index is -4.16. The summed E-state index contributed by atoms with van der Waals surface area (Å²) in [5, 5.41) is 5.85. The van der Waals surface area contributed by atoms with E-state index in [0.717, 1.165) is 6.42 Å². The second-order valence-corrected chi connectivity index (χ2v) is 24.9. The Morgan fingerprint density at radius 1 is 0.616 bits per heavy atom. The van der Waals surface area contributed by atoms with Gasteiger partial charge >= 0.3 is 25.5 Å². The molecule has 2 atom stereocenters. The lowest BCUT2D eigenvalue weighted by molar-refractivity contribution is -0.150. The summed E-state index contributed by atoms with van der Waals surface area (Å²) in [6.45, 7) is 27.0. The molecule has 11 N–H and O–H groups in total. The summed E-state index contributed by atoms with van der Waals surface area (Å²) in [5.74, 6) is 0.360. The van der Waals surface area contributed by atoms with Crippen LogP contribution in [0.15, 0.2) is 25.3 Å². The number of halogens is 1. The molecule has 0 aromatic carbocycles. The van der Waals surface area contributed by atoms with Gasteiger partial charge in [0.05, 0.1) is 57.8 Å². The SMILES string of the molecule is CC(C)CCOC(=O)C(C)(C)Cl.CC(C)CCOC(=O)C(C)(C)NP(=O)(CO[C@H](C)Cn1cnc2c(N)ncnc21)NC(C)(C)C(=O)OCCC(C)C.C[C@H](Cn1cnc2c(N)ncnc21)OCP(=O)(O)O.N. The van der Waals surface area contributed by atoms with Crippen LogP contribution in [-0.4, -0.2) is 127 Å². The highest BCUT2D eigenvalue weighted by molar-refractivity contribution is 7.59. The van der Waals surface area contributed by atoms with Crippen LogP contribution in [0.5, 0.6) is 0 Å². The number of hydrogen-bond acceptors (Lipinski definition) is 19. The van der Waals surface area contributed by atoms with Crippen molar-refractivity contribution in [3.63, 3.8) is 0 Å². The third-order valence-electron chi connectivity index (χ3n) is 10.0. The Hall–Kier alpha value is -4.42. The molecule has 416 valence electrons. The van der Waals surface area contributed by atoms with Crippen LogP contribution in [0.25, 0.3) is 22.3 Å². The quantitative estimate of drug-likeness (QED) is 0.0151. The number of carbonyl (C=O) groups is 3. The number of nitrogens with one attached hydrogen (secondary N) is 2. The maximum absolute atomic E-state index is 14.4. The van der Waals surface area contributed by atoms with E-state index in [2.05, 4.69) is 53.9 Å². The Morgan fingerprint density at radius 2 is 0.959 bits per heavy atom. The zero-order valence-corrected chi connectivity index (χ0v) is 47.5. The van der Waals surface area contributed by atoms with Crippen LogP contribution in [0.2, 0.25) is 0 Å². The Morgan fingerprint density at radius 3 is 1.29 bits per heavy atom. The van der Waals surface area contributed by atoms with Crippen molar-refractivity contribution < 1.29 is 57.0 Å². The first-order chi connectivity index (χ1) is 33.2. The third-order valence-corrected chi connectivity index (χ3v) is 13.0. The van der Waals surface area contributed by atoms with Gasteiger partial charge in [-0.05, 0) is 92.4 Å². The molecular weight excluding hydrogens is 1010 g/mol. The van der Waals surface area contributed by atoms with Gasteiger partial charge in [-0.1, -0.05) is 41.5 Å². The summed E-state index contributed by atoms with van der Waals surface area (Å²) in [6, 6.07) is 0. The molecule has 4 heterocycles. The van der Waals surface area contributed by atoms with Crippen LogP contribution in [0.4, 0.5) is 11.6 Å². The summed E-state index contributed by atoms with van der Waals surface area (Å²) in [6.07, 6.45) is 6.29. The average molecular weight is 1090 g/mol. The van der Waals surface area contributed by atoms with Gasteiger partial charge in [-0.2, -0.15) is 0 Å². The minimum Gasteiger partial charge on any atom is -0.464 e. The van der Waals surface area contributed by atoms with Crippen molar-refractivity contribution in [2.45, 2.75) is 157 Å². The van der Waals surface area contributed by atoms with E-state index in [4.69, 9.17) is 56.5 Å². The van der Waals surface area contributed by atoms with Gasteiger partial charge in [-0.3, -0.25) is 23.5 Å². The maximum atomic E-state index is 14.4. The second kappa shape index (κ2) is 29.6. The van der Waals surface area contributed by atoms with Crippen LogP contribution < -0.4 is 27.8 Å². The van der Waals surface area contributed by atoms with Gasteiger partial charge in [0.1, 0.15) is 52.3 Å². The lowest BCUT2D eigenvalue weighted by atomic mass is 10.1. The average Bonchev–Trinajstić information content (AvgIpc) is 3.86. The summed E-state index contributed by atoms with van der Waals surface area (Å²) in [5.41, 5.74) is 10.9. The van der Waals surface area contributed by atoms with Crippen LogP contribution in [0, 0.1) is 17.8 Å². The van der Waals surface area contributed by atoms with E-state index in [9.17, 15) is 23.5 Å². The van der Waals surface area contributed by atoms with E-state index in [-0.39, 0.29) is 43.3 Å². The first-order valence-corrected chi connectivity index (χ1v) is 27.7. The summed E-state index contributed by atoms with van der Waals surface area (Å²) in [7, 11) is -7.93. The van der Waals surface area contributed by atoms with Crippen molar-refractivity contribution in [2.24, 2.45) is 17.8 Å². The highest BCUT2D eigenvalue weighted by Crippen LogP contribution is 2.42. The van der Waals surface area contributed by atoms with E-state index in [1.807, 2.05) is 27.7 Å². The van der Waals surface area contributed by atoms with Gasteiger partial charge in [0.25, 0.3) is 0 Å². The molecule has 0 radical (unpaired) electrons. The van der Waals surface area contributed by atoms with E-state index in [1.54, 1.807) is 70.9 Å². The number of nitrogen functional groups attached to an aromatic ring is 2. The van der Waals surface area contributed by atoms with Crippen molar-refractivity contribution in [3.8, 4) is 0 Å². The number of alkyl halides is 1. The van der Waals surface area contributed by atoms with Crippen molar-refractivity contribution in [1.29, 1.82) is 0 Å². The van der Waals surface area contributed by atoms with Crippen molar-refractivity contribution in [1.82, 2.24) is 55.4 Å². The van der Waals surface area contributed by atoms with Crippen molar-refractivity contribution in [3.05, 3.63) is 25.3 Å². The third kappa shape index (κ3) is 24.2. The fraction of sp³-hybridized carbons (Fsp3) is 0.711. The molecule has 0 aliphatic heterocycles. The van der Waals surface area contributed by atoms with Gasteiger partial charge in [-0.15, -0.1) is 11.6 Å². The first-order valence-electron chi connectivity index (χ1n) is 23.6. The number of nitrogens with two attached hydrogens (primary N) is 2. The standard InChI is InChI=1S/C27H48N7O6P.C9H17ClO2.C9H14N5O4P.H3N/c1-18(2)10-12-38-24(35)26(6,7)32-41(37,33-27(8,9)25(36)39-13-11-19(3)4)17-40-20(5)14-34-16-31-21-22(28)29-15-30-23(21)34;1-7(2)5-6-12-8(11)9(3,4)10;1-6(18-5-19(15,16)17)2-14-4-13-7-8(10)11-3-12-9(7)14;/h15-16,18-20H,10-14,17H2,1-9H3,(H2,28,29,30)(H2,32,33,37);7H,5-6H2,1-4H3;3-4,6H,2,5H2,1H3,(H2,10,11,12)(H2,15,16,17);1H3/t20-;;6-;/m1.1./s1. The zero-order chi connectivity index (χ0) is 54.8. The fourth-order valence-corrected chi connectivity index (χ4v) is 9.10. The van der Waals surface area contributed by atoms with Gasteiger partial charge in [0.2, 0.25) is 7.44 Å². The summed E-state index contributed by atoms with van der Waals surface area (Å²) >= 11 is 5.72. The molecule has 4 rings (SSSR count). The highest BCUT2D eigenvalue weighted by Gasteiger charge is 2.43. The molecular formula is C45H82ClN13O12P2. The number of imidazole rings is 2. The second-order valence-electron chi connectivity index (χ2n) is 20.2. The number of rotatable bonds is 26. The Balaban J connectivity index is 0.000000680. The monoisotopic (exact) mass is 1090 g/mol. The van der Waals surface area contributed by atoms with Gasteiger partial charge in [0, 0.05) is 0 Å². The molecule has 0 saturated carbocycles. The van der Waals surface area contributed by atoms with Crippen LogP contribution in [-0.2, 0) is 60.3 Å². The van der Waals surface area contributed by atoms with E-state index in [0.29, 0.717) is 72.6 Å². The van der Waals surface area contributed by atoms with Gasteiger partial charge in [-0.25, -0.2) is 40.1 Å². The number of hydrogen-bond donors (Lipinski definition) is 7. The molecule has 0 amide bonds. The van der Waals surface area contributed by atoms with Crippen LogP contribution in [0.1, 0.15) is 116 Å².